The van der Waals surface area contributed by atoms with Gasteiger partial charge in [0.15, 0.2) is 5.75 Å². The molecule has 1 spiro atoms. The van der Waals surface area contributed by atoms with E-state index in [9.17, 15) is 0 Å². The van der Waals surface area contributed by atoms with Crippen LogP contribution in [0.5, 0.6) is 17.4 Å². The predicted molar refractivity (Wildman–Crippen MR) is 114 cm³/mol. The van der Waals surface area contributed by atoms with Crippen LogP contribution in [0.25, 0.3) is 0 Å². The Labute approximate surface area is 178 Å². The number of nitrogens with two attached hydrogens (primary N) is 2. The normalized spacial score (nSPS) is 19.4. The molecule has 0 radical (unpaired) electrons. The van der Waals surface area contributed by atoms with Gasteiger partial charge in [-0.3, -0.25) is 0 Å². The SMILES string of the molecule is Nc1nccc(Oc2cnc(N3CCC4(CC3)Oc3ccccc3[C@H]4N)cn2)c1Cl. The first kappa shape index (κ1) is 18.9. The lowest BCUT2D eigenvalue weighted by atomic mass is 9.83. The highest BCUT2D eigenvalue weighted by Crippen LogP contribution is 2.47. The van der Waals surface area contributed by atoms with Crippen molar-refractivity contribution in [1.82, 2.24) is 15.0 Å². The number of ether oxygens (including phenoxy) is 2. The number of piperidine rings is 1. The second-order valence-electron chi connectivity index (χ2n) is 7.49. The van der Waals surface area contributed by atoms with Crippen molar-refractivity contribution in [2.45, 2.75) is 24.5 Å². The minimum absolute atomic E-state index is 0.116. The molecule has 2 aromatic heterocycles. The van der Waals surface area contributed by atoms with Crippen LogP contribution >= 0.6 is 11.6 Å². The molecule has 1 fully saturated rings. The average molecular weight is 425 g/mol. The van der Waals surface area contributed by atoms with Gasteiger partial charge in [0.1, 0.15) is 28.0 Å². The number of fused-ring (bicyclic) bond motifs is 1. The summed E-state index contributed by atoms with van der Waals surface area (Å²) in [6.45, 7) is 1.56. The molecule has 4 N–H and O–H groups in total. The summed E-state index contributed by atoms with van der Waals surface area (Å²) < 4.78 is 12.0. The molecule has 0 aliphatic carbocycles. The molecule has 30 heavy (non-hydrogen) atoms. The average Bonchev–Trinajstić information content (AvgIpc) is 3.04. The highest BCUT2D eigenvalue weighted by atomic mass is 35.5. The standard InChI is InChI=1S/C21H21ClN6O2/c22-18-15(5-8-25-20(18)24)29-17-12-26-16(11-27-17)28-9-6-21(7-10-28)19(23)13-3-1-2-4-14(13)30-21/h1-5,8,11-12,19H,6-7,9-10,23H2,(H2,24,25)/t19-/m1/s1. The first-order chi connectivity index (χ1) is 14.6. The van der Waals surface area contributed by atoms with Gasteiger partial charge >= 0.3 is 0 Å². The fraction of sp³-hybridized carbons (Fsp3) is 0.286. The number of aromatic nitrogens is 3. The van der Waals surface area contributed by atoms with Crippen molar-refractivity contribution in [3.63, 3.8) is 0 Å². The van der Waals surface area contributed by atoms with E-state index in [0.29, 0.717) is 11.6 Å². The van der Waals surface area contributed by atoms with Gasteiger partial charge in [0.05, 0.1) is 18.4 Å². The largest absolute Gasteiger partial charge is 0.485 e. The lowest BCUT2D eigenvalue weighted by molar-refractivity contribution is 0.0431. The molecule has 0 unspecified atom stereocenters. The fourth-order valence-corrected chi connectivity index (χ4v) is 4.23. The van der Waals surface area contributed by atoms with Gasteiger partial charge in [-0.2, -0.15) is 0 Å². The molecule has 2 aliphatic rings. The summed E-state index contributed by atoms with van der Waals surface area (Å²) in [5.41, 5.74) is 13.0. The summed E-state index contributed by atoms with van der Waals surface area (Å²) in [5, 5.41) is 0.249. The van der Waals surface area contributed by atoms with Gasteiger partial charge in [-0.1, -0.05) is 29.8 Å². The number of hydrogen-bond donors (Lipinski definition) is 2. The van der Waals surface area contributed by atoms with Crippen LogP contribution in [-0.4, -0.2) is 33.6 Å². The minimum atomic E-state index is -0.352. The predicted octanol–water partition coefficient (Wildman–Crippen LogP) is 3.33. The molecule has 2 aliphatic heterocycles. The third kappa shape index (κ3) is 3.18. The monoisotopic (exact) mass is 424 g/mol. The zero-order valence-corrected chi connectivity index (χ0v) is 16.9. The smallest absolute Gasteiger partial charge is 0.238 e. The minimum Gasteiger partial charge on any atom is -0.485 e. The first-order valence-corrected chi connectivity index (χ1v) is 10.1. The Balaban J connectivity index is 1.26. The molecule has 1 saturated heterocycles. The van der Waals surface area contributed by atoms with E-state index >= 15 is 0 Å². The number of anilines is 2. The van der Waals surface area contributed by atoms with E-state index in [4.69, 9.17) is 32.5 Å². The van der Waals surface area contributed by atoms with Gasteiger partial charge < -0.3 is 25.8 Å². The Kier molecular flexibility index (Phi) is 4.60. The summed E-state index contributed by atoms with van der Waals surface area (Å²) in [6, 6.07) is 9.53. The molecular weight excluding hydrogens is 404 g/mol. The molecule has 0 saturated carbocycles. The molecule has 0 bridgehead atoms. The number of hydrogen-bond acceptors (Lipinski definition) is 8. The Morgan fingerprint density at radius 1 is 1.10 bits per heavy atom. The number of rotatable bonds is 3. The van der Waals surface area contributed by atoms with Crippen molar-refractivity contribution < 1.29 is 9.47 Å². The van der Waals surface area contributed by atoms with Crippen LogP contribution in [0.3, 0.4) is 0 Å². The Bertz CT molecular complexity index is 1070. The van der Waals surface area contributed by atoms with Gasteiger partial charge in [0, 0.05) is 43.8 Å². The number of nitrogen functional groups attached to an aromatic ring is 1. The number of benzene rings is 1. The molecule has 1 aromatic carbocycles. The summed E-state index contributed by atoms with van der Waals surface area (Å²) in [6.07, 6.45) is 6.41. The second-order valence-corrected chi connectivity index (χ2v) is 7.87. The van der Waals surface area contributed by atoms with Crippen LogP contribution in [0.1, 0.15) is 24.4 Å². The summed E-state index contributed by atoms with van der Waals surface area (Å²) >= 11 is 6.11. The Hall–Kier alpha value is -3.10. The van der Waals surface area contributed by atoms with Crippen molar-refractivity contribution in [3.05, 3.63) is 59.5 Å². The van der Waals surface area contributed by atoms with Crippen molar-refractivity contribution in [2.24, 2.45) is 5.73 Å². The van der Waals surface area contributed by atoms with E-state index in [1.54, 1.807) is 18.5 Å². The number of pyridine rings is 1. The van der Waals surface area contributed by atoms with E-state index < -0.39 is 0 Å². The summed E-state index contributed by atoms with van der Waals surface area (Å²) in [4.78, 5) is 14.9. The quantitative estimate of drug-likeness (QED) is 0.658. The molecule has 1 atom stereocenters. The zero-order chi connectivity index (χ0) is 20.7. The van der Waals surface area contributed by atoms with Gasteiger partial charge in [0.25, 0.3) is 0 Å². The van der Waals surface area contributed by atoms with Crippen LogP contribution in [0, 0.1) is 0 Å². The molecule has 3 aromatic rings. The third-order valence-electron chi connectivity index (χ3n) is 5.78. The highest BCUT2D eigenvalue weighted by molar-refractivity contribution is 6.34. The van der Waals surface area contributed by atoms with Gasteiger partial charge in [-0.05, 0) is 6.07 Å². The van der Waals surface area contributed by atoms with Crippen LogP contribution in [-0.2, 0) is 0 Å². The molecule has 9 heteroatoms. The van der Waals surface area contributed by atoms with Crippen molar-refractivity contribution in [1.29, 1.82) is 0 Å². The summed E-state index contributed by atoms with van der Waals surface area (Å²) in [5.74, 6) is 2.60. The van der Waals surface area contributed by atoms with Crippen LogP contribution in [0.15, 0.2) is 48.9 Å². The van der Waals surface area contributed by atoms with Gasteiger partial charge in [-0.15, -0.1) is 0 Å². The maximum atomic E-state index is 6.54. The van der Waals surface area contributed by atoms with Crippen molar-refractivity contribution >= 4 is 23.2 Å². The molecule has 4 heterocycles. The van der Waals surface area contributed by atoms with E-state index in [2.05, 4.69) is 19.9 Å². The van der Waals surface area contributed by atoms with E-state index in [0.717, 1.165) is 43.1 Å². The first-order valence-electron chi connectivity index (χ1n) is 9.74. The molecule has 0 amide bonds. The van der Waals surface area contributed by atoms with Gasteiger partial charge in [0.2, 0.25) is 5.88 Å². The fourth-order valence-electron chi connectivity index (χ4n) is 4.08. The molecule has 8 nitrogen and oxygen atoms in total. The second kappa shape index (κ2) is 7.30. The number of para-hydroxylation sites is 1. The lowest BCUT2D eigenvalue weighted by Gasteiger charge is -2.41. The van der Waals surface area contributed by atoms with E-state index in [-0.39, 0.29) is 22.5 Å². The Morgan fingerprint density at radius 2 is 1.90 bits per heavy atom. The third-order valence-corrected chi connectivity index (χ3v) is 6.16. The summed E-state index contributed by atoms with van der Waals surface area (Å²) in [7, 11) is 0. The molecular formula is C21H21ClN6O2. The van der Waals surface area contributed by atoms with Gasteiger partial charge in [-0.25, -0.2) is 15.0 Å². The zero-order valence-electron chi connectivity index (χ0n) is 16.2. The number of nitrogens with zero attached hydrogens (tertiary/aromatic N) is 4. The highest BCUT2D eigenvalue weighted by Gasteiger charge is 2.48. The van der Waals surface area contributed by atoms with Crippen molar-refractivity contribution in [3.8, 4) is 17.4 Å². The van der Waals surface area contributed by atoms with Crippen LogP contribution < -0.4 is 25.8 Å². The van der Waals surface area contributed by atoms with Crippen molar-refractivity contribution in [2.75, 3.05) is 23.7 Å². The Morgan fingerprint density at radius 3 is 2.63 bits per heavy atom. The topological polar surface area (TPSA) is 112 Å². The maximum absolute atomic E-state index is 6.54. The van der Waals surface area contributed by atoms with Crippen LogP contribution in [0.2, 0.25) is 5.02 Å². The van der Waals surface area contributed by atoms with Crippen LogP contribution in [0.4, 0.5) is 11.6 Å². The van der Waals surface area contributed by atoms with E-state index in [1.165, 1.54) is 6.20 Å². The number of halogens is 1. The maximum Gasteiger partial charge on any atom is 0.238 e. The molecule has 154 valence electrons. The molecule has 5 rings (SSSR count). The lowest BCUT2D eigenvalue weighted by Crippen LogP contribution is -2.51. The van der Waals surface area contributed by atoms with E-state index in [1.807, 2.05) is 24.3 Å².